The third-order valence-electron chi connectivity index (χ3n) is 3.21. The molecule has 1 aromatic carbocycles. The molecule has 0 heterocycles. The molecule has 2 N–H and O–H groups in total. The first kappa shape index (κ1) is 13.0. The number of hydrogen-bond acceptors (Lipinski definition) is 2. The number of nitrogens with zero attached hydrogens (tertiary/aromatic N) is 1. The van der Waals surface area contributed by atoms with Crippen LogP contribution < -0.4 is 10.6 Å². The van der Waals surface area contributed by atoms with Gasteiger partial charge in [0.1, 0.15) is 0 Å². The van der Waals surface area contributed by atoms with Crippen molar-refractivity contribution in [3.63, 3.8) is 0 Å². The average Bonchev–Trinajstić information content (AvgIpc) is 2.28. The molecule has 0 saturated carbocycles. The summed E-state index contributed by atoms with van der Waals surface area (Å²) in [6.45, 7) is 7.23. The lowest BCUT2D eigenvalue weighted by Crippen LogP contribution is -2.29. The van der Waals surface area contributed by atoms with Crippen molar-refractivity contribution in [1.29, 1.82) is 0 Å². The molecule has 1 unspecified atom stereocenters. The summed E-state index contributed by atoms with van der Waals surface area (Å²) in [6.07, 6.45) is 2.43. The molecule has 0 bridgehead atoms. The van der Waals surface area contributed by atoms with E-state index in [0.717, 1.165) is 0 Å². The Kier molecular flexibility index (Phi) is 4.81. The van der Waals surface area contributed by atoms with Crippen molar-refractivity contribution >= 4 is 5.69 Å². The SMILES string of the molecule is CCCC(C)N(C)c1cc(C)ccc1CN. The molecule has 16 heavy (non-hydrogen) atoms. The molecule has 0 radical (unpaired) electrons. The number of anilines is 1. The van der Waals surface area contributed by atoms with E-state index < -0.39 is 0 Å². The van der Waals surface area contributed by atoms with Gasteiger partial charge in [0.15, 0.2) is 0 Å². The summed E-state index contributed by atoms with van der Waals surface area (Å²) < 4.78 is 0. The highest BCUT2D eigenvalue weighted by Gasteiger charge is 2.12. The minimum atomic E-state index is 0.567. The molecule has 90 valence electrons. The van der Waals surface area contributed by atoms with Crippen LogP contribution in [0.15, 0.2) is 18.2 Å². The van der Waals surface area contributed by atoms with Gasteiger partial charge in [0, 0.05) is 25.3 Å². The van der Waals surface area contributed by atoms with Crippen LogP contribution in [-0.2, 0) is 6.54 Å². The molecule has 0 fully saturated rings. The summed E-state index contributed by atoms with van der Waals surface area (Å²) in [7, 11) is 2.16. The molecule has 0 saturated heterocycles. The van der Waals surface area contributed by atoms with Crippen molar-refractivity contribution in [3.05, 3.63) is 29.3 Å². The molecule has 0 aliphatic heterocycles. The maximum atomic E-state index is 5.79. The largest absolute Gasteiger partial charge is 0.372 e. The van der Waals surface area contributed by atoms with Crippen molar-refractivity contribution in [2.24, 2.45) is 5.73 Å². The molecule has 0 aliphatic carbocycles. The van der Waals surface area contributed by atoms with Crippen LogP contribution in [0.5, 0.6) is 0 Å². The van der Waals surface area contributed by atoms with Crippen LogP contribution in [0.4, 0.5) is 5.69 Å². The fourth-order valence-electron chi connectivity index (χ4n) is 2.02. The molecule has 0 aliphatic rings. The zero-order valence-corrected chi connectivity index (χ0v) is 11.0. The van der Waals surface area contributed by atoms with Crippen molar-refractivity contribution in [2.45, 2.75) is 46.2 Å². The molecular weight excluding hydrogens is 196 g/mol. The van der Waals surface area contributed by atoms with E-state index >= 15 is 0 Å². The molecule has 1 aromatic rings. The zero-order valence-electron chi connectivity index (χ0n) is 11.0. The second kappa shape index (κ2) is 5.90. The van der Waals surface area contributed by atoms with Gasteiger partial charge in [-0.1, -0.05) is 25.5 Å². The number of rotatable bonds is 5. The minimum Gasteiger partial charge on any atom is -0.372 e. The monoisotopic (exact) mass is 220 g/mol. The van der Waals surface area contributed by atoms with Crippen LogP contribution in [0.25, 0.3) is 0 Å². The molecule has 0 aromatic heterocycles. The van der Waals surface area contributed by atoms with Crippen LogP contribution in [-0.4, -0.2) is 13.1 Å². The van der Waals surface area contributed by atoms with E-state index in [9.17, 15) is 0 Å². The number of aryl methyl sites for hydroxylation is 1. The van der Waals surface area contributed by atoms with Crippen molar-refractivity contribution in [3.8, 4) is 0 Å². The Morgan fingerprint density at radius 1 is 1.38 bits per heavy atom. The van der Waals surface area contributed by atoms with Crippen LogP contribution in [0.1, 0.15) is 37.8 Å². The lowest BCUT2D eigenvalue weighted by Gasteiger charge is -2.29. The van der Waals surface area contributed by atoms with E-state index in [-0.39, 0.29) is 0 Å². The summed E-state index contributed by atoms with van der Waals surface area (Å²) >= 11 is 0. The second-order valence-corrected chi connectivity index (χ2v) is 4.58. The smallest absolute Gasteiger partial charge is 0.0414 e. The Balaban J connectivity index is 2.96. The molecule has 1 rings (SSSR count). The predicted molar refractivity (Wildman–Crippen MR) is 71.8 cm³/mol. The maximum absolute atomic E-state index is 5.79. The summed E-state index contributed by atoms with van der Waals surface area (Å²) in [5.74, 6) is 0. The van der Waals surface area contributed by atoms with E-state index in [4.69, 9.17) is 5.73 Å². The van der Waals surface area contributed by atoms with Gasteiger partial charge in [0.05, 0.1) is 0 Å². The highest BCUT2D eigenvalue weighted by molar-refractivity contribution is 5.55. The van der Waals surface area contributed by atoms with Gasteiger partial charge < -0.3 is 10.6 Å². The molecular formula is C14H24N2. The third kappa shape index (κ3) is 2.99. The summed E-state index contributed by atoms with van der Waals surface area (Å²) in [5.41, 5.74) is 9.59. The van der Waals surface area contributed by atoms with E-state index in [1.165, 1.54) is 29.7 Å². The molecule has 0 spiro atoms. The van der Waals surface area contributed by atoms with Gasteiger partial charge in [-0.15, -0.1) is 0 Å². The molecule has 2 heteroatoms. The van der Waals surface area contributed by atoms with Crippen LogP contribution in [0.2, 0.25) is 0 Å². The normalized spacial score (nSPS) is 12.6. The summed E-state index contributed by atoms with van der Waals surface area (Å²) in [6, 6.07) is 7.06. The van der Waals surface area contributed by atoms with Gasteiger partial charge in [-0.25, -0.2) is 0 Å². The standard InChI is InChI=1S/C14H24N2/c1-5-6-12(3)16(4)14-9-11(2)7-8-13(14)10-15/h7-9,12H,5-6,10,15H2,1-4H3. The Morgan fingerprint density at radius 3 is 2.62 bits per heavy atom. The maximum Gasteiger partial charge on any atom is 0.0414 e. The minimum absolute atomic E-state index is 0.567. The lowest BCUT2D eigenvalue weighted by atomic mass is 10.1. The number of hydrogen-bond donors (Lipinski definition) is 1. The van der Waals surface area contributed by atoms with Crippen LogP contribution in [0.3, 0.4) is 0 Å². The lowest BCUT2D eigenvalue weighted by molar-refractivity contribution is 0.614. The van der Waals surface area contributed by atoms with Crippen molar-refractivity contribution in [2.75, 3.05) is 11.9 Å². The van der Waals surface area contributed by atoms with Gasteiger partial charge in [0.25, 0.3) is 0 Å². The molecule has 2 nitrogen and oxygen atoms in total. The second-order valence-electron chi connectivity index (χ2n) is 4.58. The Hall–Kier alpha value is -1.02. The van der Waals surface area contributed by atoms with Crippen LogP contribution >= 0.6 is 0 Å². The third-order valence-corrected chi connectivity index (χ3v) is 3.21. The van der Waals surface area contributed by atoms with Gasteiger partial charge in [-0.2, -0.15) is 0 Å². The van der Waals surface area contributed by atoms with Gasteiger partial charge >= 0.3 is 0 Å². The first-order valence-corrected chi connectivity index (χ1v) is 6.12. The fourth-order valence-corrected chi connectivity index (χ4v) is 2.02. The Morgan fingerprint density at radius 2 is 2.06 bits per heavy atom. The van der Waals surface area contributed by atoms with Gasteiger partial charge in [-0.3, -0.25) is 0 Å². The number of benzene rings is 1. The molecule has 0 amide bonds. The fraction of sp³-hybridized carbons (Fsp3) is 0.571. The van der Waals surface area contributed by atoms with E-state index in [0.29, 0.717) is 12.6 Å². The average molecular weight is 220 g/mol. The van der Waals surface area contributed by atoms with E-state index in [1.807, 2.05) is 0 Å². The highest BCUT2D eigenvalue weighted by atomic mass is 15.1. The number of nitrogens with two attached hydrogens (primary N) is 1. The predicted octanol–water partition coefficient (Wildman–Crippen LogP) is 3.08. The van der Waals surface area contributed by atoms with Crippen LogP contribution in [0, 0.1) is 6.92 Å². The van der Waals surface area contributed by atoms with Gasteiger partial charge in [0.2, 0.25) is 0 Å². The van der Waals surface area contributed by atoms with Crippen molar-refractivity contribution < 1.29 is 0 Å². The summed E-state index contributed by atoms with van der Waals surface area (Å²) in [4.78, 5) is 2.35. The zero-order chi connectivity index (χ0) is 12.1. The van der Waals surface area contributed by atoms with Gasteiger partial charge in [-0.05, 0) is 37.5 Å². The van der Waals surface area contributed by atoms with E-state index in [1.54, 1.807) is 0 Å². The van der Waals surface area contributed by atoms with Crippen molar-refractivity contribution in [1.82, 2.24) is 0 Å². The van der Waals surface area contributed by atoms with E-state index in [2.05, 4.69) is 50.9 Å². The first-order chi connectivity index (χ1) is 7.60. The molecule has 1 atom stereocenters. The summed E-state index contributed by atoms with van der Waals surface area (Å²) in [5, 5.41) is 0. The quantitative estimate of drug-likeness (QED) is 0.826. The first-order valence-electron chi connectivity index (χ1n) is 6.12. The Bertz CT molecular complexity index is 334. The Labute approximate surface area is 99.5 Å². The highest BCUT2D eigenvalue weighted by Crippen LogP contribution is 2.23. The topological polar surface area (TPSA) is 29.3 Å².